The summed E-state index contributed by atoms with van der Waals surface area (Å²) in [5, 5.41) is 9.59. The number of carbonyl (C=O) groups excluding carboxylic acids is 1. The van der Waals surface area contributed by atoms with Crippen LogP contribution in [0.1, 0.15) is 11.1 Å². The van der Waals surface area contributed by atoms with Crippen LogP contribution < -0.4 is 0 Å². The van der Waals surface area contributed by atoms with Gasteiger partial charge in [0.15, 0.2) is 0 Å². The Morgan fingerprint density at radius 3 is 1.86 bits per heavy atom. The molecular weight excluding hydrogens is 293 g/mol. The normalized spacial score (nSPS) is 12.3. The molecule has 0 spiro atoms. The van der Waals surface area contributed by atoms with Crippen LogP contribution in [-0.4, -0.2) is 17.1 Å². The number of hydrogen-bond acceptors (Lipinski definition) is 2. The van der Waals surface area contributed by atoms with E-state index in [-0.39, 0.29) is 11.6 Å². The van der Waals surface area contributed by atoms with Crippen molar-refractivity contribution in [2.24, 2.45) is 0 Å². The Balaban J connectivity index is 2.23. The van der Waals surface area contributed by atoms with Crippen LogP contribution in [0.2, 0.25) is 0 Å². The van der Waals surface area contributed by atoms with E-state index in [4.69, 9.17) is 0 Å². The first-order valence-corrected chi connectivity index (χ1v) is 6.46. The van der Waals surface area contributed by atoms with Crippen LogP contribution >= 0.6 is 0 Å². The molecule has 2 rings (SSSR count). The van der Waals surface area contributed by atoms with Gasteiger partial charge in [0.2, 0.25) is 0 Å². The Morgan fingerprint density at radius 2 is 1.41 bits per heavy atom. The Morgan fingerprint density at radius 1 is 0.955 bits per heavy atom. The largest absolute Gasteiger partial charge is 0.507 e. The number of aliphatic hydroxyl groups is 1. The molecule has 0 saturated heterocycles. The number of benzene rings is 2. The molecule has 0 radical (unpaired) electrons. The molecule has 1 N–H and O–H groups in total. The van der Waals surface area contributed by atoms with Crippen LogP contribution in [0.5, 0.6) is 0 Å². The highest BCUT2D eigenvalue weighted by molar-refractivity contribution is 5.99. The molecule has 0 bridgehead atoms. The minimum Gasteiger partial charge on any atom is -0.507 e. The Labute approximate surface area is 125 Å². The lowest BCUT2D eigenvalue weighted by Crippen LogP contribution is -2.20. The van der Waals surface area contributed by atoms with Crippen LogP contribution in [0.25, 0.3) is 16.9 Å². The first-order valence-electron chi connectivity index (χ1n) is 6.46. The van der Waals surface area contributed by atoms with Gasteiger partial charge in [0.25, 0.3) is 5.78 Å². The van der Waals surface area contributed by atoms with Gasteiger partial charge in [-0.25, -0.2) is 0 Å². The smallest absolute Gasteiger partial charge is 0.454 e. The van der Waals surface area contributed by atoms with Gasteiger partial charge in [-0.3, -0.25) is 4.79 Å². The van der Waals surface area contributed by atoms with Gasteiger partial charge in [-0.2, -0.15) is 13.2 Å². The average molecular weight is 306 g/mol. The van der Waals surface area contributed by atoms with E-state index < -0.39 is 17.7 Å². The van der Waals surface area contributed by atoms with E-state index in [0.717, 1.165) is 16.7 Å². The molecule has 0 aromatic heterocycles. The van der Waals surface area contributed by atoms with Gasteiger partial charge in [0.05, 0.1) is 0 Å². The number of ketones is 1. The zero-order chi connectivity index (χ0) is 16.3. The molecule has 0 saturated carbocycles. The summed E-state index contributed by atoms with van der Waals surface area (Å²) >= 11 is 0. The van der Waals surface area contributed by atoms with Gasteiger partial charge < -0.3 is 5.11 Å². The highest BCUT2D eigenvalue weighted by Gasteiger charge is 2.36. The molecule has 2 aromatic carbocycles. The molecule has 0 unspecified atom stereocenters. The maximum absolute atomic E-state index is 12.1. The maximum atomic E-state index is 12.1. The fourth-order valence-corrected chi connectivity index (χ4v) is 1.87. The lowest BCUT2D eigenvalue weighted by Gasteiger charge is -2.05. The first-order chi connectivity index (χ1) is 10.3. The van der Waals surface area contributed by atoms with Crippen molar-refractivity contribution in [2.75, 3.05) is 0 Å². The van der Waals surface area contributed by atoms with Crippen molar-refractivity contribution >= 4 is 11.5 Å². The molecule has 5 heteroatoms. The number of aliphatic hydroxyl groups excluding tert-OH is 1. The van der Waals surface area contributed by atoms with Crippen LogP contribution in [-0.2, 0) is 4.79 Å². The van der Waals surface area contributed by atoms with Crippen molar-refractivity contribution < 1.29 is 23.1 Å². The zero-order valence-electron chi connectivity index (χ0n) is 11.7. The fraction of sp³-hybridized carbons (Fsp3) is 0.118. The molecule has 0 fully saturated rings. The van der Waals surface area contributed by atoms with Crippen molar-refractivity contribution in [3.05, 3.63) is 65.7 Å². The second-order valence-electron chi connectivity index (χ2n) is 4.83. The number of hydrogen-bond donors (Lipinski definition) is 1. The predicted molar refractivity (Wildman–Crippen MR) is 78.3 cm³/mol. The molecular formula is C17H13F3O2. The second-order valence-corrected chi connectivity index (χ2v) is 4.83. The van der Waals surface area contributed by atoms with Crippen molar-refractivity contribution in [3.63, 3.8) is 0 Å². The maximum Gasteiger partial charge on any atom is 0.454 e. The summed E-state index contributed by atoms with van der Waals surface area (Å²) in [6.45, 7) is 1.97. The summed E-state index contributed by atoms with van der Waals surface area (Å²) < 4.78 is 36.4. The van der Waals surface area contributed by atoms with Crippen molar-refractivity contribution in [1.29, 1.82) is 0 Å². The number of rotatable bonds is 3. The van der Waals surface area contributed by atoms with E-state index in [1.165, 1.54) is 12.1 Å². The van der Waals surface area contributed by atoms with E-state index in [0.29, 0.717) is 0 Å². The van der Waals surface area contributed by atoms with Crippen LogP contribution in [0.4, 0.5) is 13.2 Å². The summed E-state index contributed by atoms with van der Waals surface area (Å²) in [5.41, 5.74) is 3.07. The average Bonchev–Trinajstić information content (AvgIpc) is 2.47. The minimum atomic E-state index is -4.99. The Kier molecular flexibility index (Phi) is 4.35. The van der Waals surface area contributed by atoms with E-state index in [9.17, 15) is 23.1 Å². The number of alkyl halides is 3. The lowest BCUT2D eigenvalue weighted by molar-refractivity contribution is -0.165. The summed E-state index contributed by atoms with van der Waals surface area (Å²) in [5.74, 6) is -2.80. The van der Waals surface area contributed by atoms with Gasteiger partial charge in [0, 0.05) is 11.6 Å². The molecule has 0 atom stereocenters. The third-order valence-electron chi connectivity index (χ3n) is 3.11. The quantitative estimate of drug-likeness (QED) is 0.659. The molecule has 2 aromatic rings. The van der Waals surface area contributed by atoms with E-state index >= 15 is 0 Å². The molecule has 0 heterocycles. The van der Waals surface area contributed by atoms with Gasteiger partial charge in [-0.05, 0) is 18.1 Å². The van der Waals surface area contributed by atoms with E-state index in [1.807, 2.05) is 31.2 Å². The van der Waals surface area contributed by atoms with Gasteiger partial charge in [-0.15, -0.1) is 0 Å². The van der Waals surface area contributed by atoms with Gasteiger partial charge in [-0.1, -0.05) is 54.1 Å². The summed E-state index contributed by atoms with van der Waals surface area (Å²) in [4.78, 5) is 10.8. The molecule has 0 aliphatic carbocycles. The Hall–Kier alpha value is -2.56. The summed E-state index contributed by atoms with van der Waals surface area (Å²) in [6.07, 6.45) is -4.81. The number of allylic oxidation sites excluding steroid dienone is 1. The number of aryl methyl sites for hydroxylation is 1. The minimum absolute atomic E-state index is 0.147. The van der Waals surface area contributed by atoms with Crippen LogP contribution in [0.3, 0.4) is 0 Å². The molecule has 2 nitrogen and oxygen atoms in total. The van der Waals surface area contributed by atoms with E-state index in [1.54, 1.807) is 12.1 Å². The van der Waals surface area contributed by atoms with Crippen LogP contribution in [0.15, 0.2) is 54.6 Å². The molecule has 114 valence electrons. The summed E-state index contributed by atoms with van der Waals surface area (Å²) in [7, 11) is 0. The molecule has 22 heavy (non-hydrogen) atoms. The molecule has 0 aliphatic heterocycles. The van der Waals surface area contributed by atoms with Crippen LogP contribution in [0, 0.1) is 6.92 Å². The van der Waals surface area contributed by atoms with Gasteiger partial charge >= 0.3 is 6.18 Å². The topological polar surface area (TPSA) is 37.3 Å². The third-order valence-corrected chi connectivity index (χ3v) is 3.11. The Bertz CT molecular complexity index is 696. The highest BCUT2D eigenvalue weighted by Crippen LogP contribution is 2.23. The lowest BCUT2D eigenvalue weighted by atomic mass is 10.0. The first kappa shape index (κ1) is 15.8. The van der Waals surface area contributed by atoms with Crippen molar-refractivity contribution in [2.45, 2.75) is 13.1 Å². The van der Waals surface area contributed by atoms with Crippen molar-refractivity contribution in [1.82, 2.24) is 0 Å². The fourth-order valence-electron chi connectivity index (χ4n) is 1.87. The zero-order valence-corrected chi connectivity index (χ0v) is 11.7. The SMILES string of the molecule is Cc1ccc(-c2ccc(/C(O)=C/C(=O)C(F)(F)F)cc2)cc1. The summed E-state index contributed by atoms with van der Waals surface area (Å²) in [6, 6.07) is 14.0. The third kappa shape index (κ3) is 3.75. The van der Waals surface area contributed by atoms with Gasteiger partial charge in [0.1, 0.15) is 5.76 Å². The standard InChI is InChI=1S/C17H13F3O2/c1-11-2-4-12(5-3-11)13-6-8-14(9-7-13)15(21)10-16(22)17(18,19)20/h2-10,21H,1H3/b15-10-. The second kappa shape index (κ2) is 6.05. The monoisotopic (exact) mass is 306 g/mol. The number of halogens is 3. The predicted octanol–water partition coefficient (Wildman–Crippen LogP) is 4.69. The molecule has 0 aliphatic rings. The van der Waals surface area contributed by atoms with E-state index in [2.05, 4.69) is 0 Å². The highest BCUT2D eigenvalue weighted by atomic mass is 19.4. The molecule has 0 amide bonds. The number of carbonyl (C=O) groups is 1. The van der Waals surface area contributed by atoms with Crippen molar-refractivity contribution in [3.8, 4) is 11.1 Å².